The third kappa shape index (κ3) is 2.76. The summed E-state index contributed by atoms with van der Waals surface area (Å²) in [6.45, 7) is 4.17. The van der Waals surface area contributed by atoms with Gasteiger partial charge in [-0.1, -0.05) is 24.9 Å². The standard InChI is InChI=1S/C15H19ClN2OS/c1-4-5-9(2)18(3)15(19)14-13(17)11-8-10(16)6-7-12(11)20-14/h6-9H,4-5,17H2,1-3H3. The van der Waals surface area contributed by atoms with Crippen LogP contribution in [0.5, 0.6) is 0 Å². The monoisotopic (exact) mass is 310 g/mol. The van der Waals surface area contributed by atoms with Crippen molar-refractivity contribution >= 4 is 44.6 Å². The van der Waals surface area contributed by atoms with E-state index in [-0.39, 0.29) is 11.9 Å². The largest absolute Gasteiger partial charge is 0.397 e. The Labute approximate surface area is 128 Å². The summed E-state index contributed by atoms with van der Waals surface area (Å²) in [6, 6.07) is 5.75. The molecule has 0 saturated heterocycles. The zero-order valence-corrected chi connectivity index (χ0v) is 13.5. The van der Waals surface area contributed by atoms with Crippen molar-refractivity contribution in [2.45, 2.75) is 32.7 Å². The van der Waals surface area contributed by atoms with Gasteiger partial charge in [-0.15, -0.1) is 11.3 Å². The van der Waals surface area contributed by atoms with Crippen LogP contribution in [0.3, 0.4) is 0 Å². The molecule has 1 amide bonds. The number of hydrogen-bond acceptors (Lipinski definition) is 3. The predicted octanol–water partition coefficient (Wildman–Crippen LogP) is 4.40. The fourth-order valence-electron chi connectivity index (χ4n) is 2.22. The molecule has 2 N–H and O–H groups in total. The molecule has 0 bridgehead atoms. The average molecular weight is 311 g/mol. The van der Waals surface area contributed by atoms with Gasteiger partial charge in [0.2, 0.25) is 0 Å². The molecule has 2 aromatic rings. The molecule has 3 nitrogen and oxygen atoms in total. The van der Waals surface area contributed by atoms with Crippen molar-refractivity contribution in [1.29, 1.82) is 0 Å². The highest BCUT2D eigenvalue weighted by atomic mass is 35.5. The van der Waals surface area contributed by atoms with Crippen LogP contribution in [-0.4, -0.2) is 23.9 Å². The van der Waals surface area contributed by atoms with Gasteiger partial charge in [-0.2, -0.15) is 0 Å². The summed E-state index contributed by atoms with van der Waals surface area (Å²) in [7, 11) is 1.83. The van der Waals surface area contributed by atoms with Crippen LogP contribution in [0.2, 0.25) is 5.02 Å². The number of amides is 1. The topological polar surface area (TPSA) is 46.3 Å². The number of carbonyl (C=O) groups is 1. The summed E-state index contributed by atoms with van der Waals surface area (Å²) in [5, 5.41) is 1.50. The van der Waals surface area contributed by atoms with Gasteiger partial charge in [-0.05, 0) is 31.5 Å². The first kappa shape index (κ1) is 15.1. The Bertz CT molecular complexity index is 638. The smallest absolute Gasteiger partial charge is 0.266 e. The molecule has 1 heterocycles. The number of anilines is 1. The van der Waals surface area contributed by atoms with Crippen LogP contribution in [-0.2, 0) is 0 Å². The lowest BCUT2D eigenvalue weighted by Gasteiger charge is -2.24. The van der Waals surface area contributed by atoms with Crippen LogP contribution in [0.25, 0.3) is 10.1 Å². The summed E-state index contributed by atoms with van der Waals surface area (Å²) < 4.78 is 0.992. The van der Waals surface area contributed by atoms with Gasteiger partial charge in [0, 0.05) is 28.2 Å². The lowest BCUT2D eigenvalue weighted by atomic mass is 10.1. The molecule has 1 aromatic carbocycles. The van der Waals surface area contributed by atoms with Gasteiger partial charge in [0.25, 0.3) is 5.91 Å². The molecule has 0 radical (unpaired) electrons. The minimum absolute atomic E-state index is 0.0132. The molecular formula is C15H19ClN2OS. The van der Waals surface area contributed by atoms with E-state index in [2.05, 4.69) is 13.8 Å². The Balaban J connectivity index is 2.37. The van der Waals surface area contributed by atoms with Crippen molar-refractivity contribution in [1.82, 2.24) is 4.90 Å². The van der Waals surface area contributed by atoms with Crippen LogP contribution < -0.4 is 5.73 Å². The minimum atomic E-state index is -0.0132. The molecule has 0 aliphatic carbocycles. The average Bonchev–Trinajstić information content (AvgIpc) is 2.74. The molecule has 1 atom stereocenters. The molecule has 1 aromatic heterocycles. The van der Waals surface area contributed by atoms with Gasteiger partial charge in [0.15, 0.2) is 0 Å². The number of halogens is 1. The maximum Gasteiger partial charge on any atom is 0.266 e. The van der Waals surface area contributed by atoms with E-state index in [1.165, 1.54) is 11.3 Å². The molecule has 20 heavy (non-hydrogen) atoms. The Kier molecular flexibility index (Phi) is 4.55. The second kappa shape index (κ2) is 6.02. The van der Waals surface area contributed by atoms with E-state index in [1.54, 1.807) is 4.90 Å². The van der Waals surface area contributed by atoms with E-state index < -0.39 is 0 Å². The minimum Gasteiger partial charge on any atom is -0.397 e. The lowest BCUT2D eigenvalue weighted by Crippen LogP contribution is -2.34. The number of rotatable bonds is 4. The molecule has 0 aliphatic rings. The Morgan fingerprint density at radius 1 is 1.50 bits per heavy atom. The summed E-state index contributed by atoms with van der Waals surface area (Å²) in [5.41, 5.74) is 6.66. The van der Waals surface area contributed by atoms with Crippen molar-refractivity contribution in [3.63, 3.8) is 0 Å². The first-order chi connectivity index (χ1) is 9.45. The van der Waals surface area contributed by atoms with Crippen molar-refractivity contribution in [3.8, 4) is 0 Å². The summed E-state index contributed by atoms with van der Waals surface area (Å²) in [4.78, 5) is 14.9. The zero-order valence-electron chi connectivity index (χ0n) is 11.9. The van der Waals surface area contributed by atoms with Gasteiger partial charge in [-0.3, -0.25) is 4.79 Å². The number of fused-ring (bicyclic) bond motifs is 1. The number of nitrogens with two attached hydrogens (primary N) is 1. The maximum atomic E-state index is 12.6. The molecule has 0 spiro atoms. The Morgan fingerprint density at radius 3 is 2.85 bits per heavy atom. The summed E-state index contributed by atoms with van der Waals surface area (Å²) >= 11 is 7.42. The Hall–Kier alpha value is -1.26. The molecule has 0 aliphatic heterocycles. The number of carbonyl (C=O) groups excluding carboxylic acids is 1. The second-order valence-corrected chi connectivity index (χ2v) is 6.53. The number of benzene rings is 1. The molecule has 0 saturated carbocycles. The van der Waals surface area contributed by atoms with E-state index in [0.29, 0.717) is 15.6 Å². The molecule has 2 rings (SSSR count). The van der Waals surface area contributed by atoms with Crippen molar-refractivity contribution in [2.24, 2.45) is 0 Å². The second-order valence-electron chi connectivity index (χ2n) is 5.04. The molecule has 0 fully saturated rings. The Morgan fingerprint density at radius 2 is 2.20 bits per heavy atom. The number of hydrogen-bond donors (Lipinski definition) is 1. The first-order valence-electron chi connectivity index (χ1n) is 6.70. The summed E-state index contributed by atoms with van der Waals surface area (Å²) in [5.74, 6) is -0.0132. The van der Waals surface area contributed by atoms with E-state index in [4.69, 9.17) is 17.3 Å². The third-order valence-electron chi connectivity index (χ3n) is 3.57. The van der Waals surface area contributed by atoms with Gasteiger partial charge < -0.3 is 10.6 Å². The van der Waals surface area contributed by atoms with Crippen molar-refractivity contribution in [3.05, 3.63) is 28.1 Å². The van der Waals surface area contributed by atoms with E-state index >= 15 is 0 Å². The third-order valence-corrected chi connectivity index (χ3v) is 4.98. The van der Waals surface area contributed by atoms with Gasteiger partial charge in [0.05, 0.1) is 5.69 Å². The molecule has 5 heteroatoms. The molecular weight excluding hydrogens is 292 g/mol. The van der Waals surface area contributed by atoms with Crippen LogP contribution in [0.15, 0.2) is 18.2 Å². The SMILES string of the molecule is CCCC(C)N(C)C(=O)c1sc2ccc(Cl)cc2c1N. The van der Waals surface area contributed by atoms with E-state index in [0.717, 1.165) is 22.9 Å². The van der Waals surface area contributed by atoms with Crippen molar-refractivity contribution in [2.75, 3.05) is 12.8 Å². The van der Waals surface area contributed by atoms with Gasteiger partial charge in [0.1, 0.15) is 4.88 Å². The van der Waals surface area contributed by atoms with Crippen LogP contribution >= 0.6 is 22.9 Å². The summed E-state index contributed by atoms with van der Waals surface area (Å²) in [6.07, 6.45) is 2.04. The van der Waals surface area contributed by atoms with Gasteiger partial charge >= 0.3 is 0 Å². The zero-order chi connectivity index (χ0) is 14.9. The molecule has 108 valence electrons. The maximum absolute atomic E-state index is 12.6. The lowest BCUT2D eigenvalue weighted by molar-refractivity contribution is 0.0742. The van der Waals surface area contributed by atoms with Crippen LogP contribution in [0.1, 0.15) is 36.4 Å². The normalized spacial score (nSPS) is 12.6. The van der Waals surface area contributed by atoms with E-state index in [1.807, 2.05) is 25.2 Å². The number of nitrogens with zero attached hydrogens (tertiary/aromatic N) is 1. The highest BCUT2D eigenvalue weighted by molar-refractivity contribution is 7.21. The van der Waals surface area contributed by atoms with Gasteiger partial charge in [-0.25, -0.2) is 0 Å². The number of thiophene rings is 1. The fourth-order valence-corrected chi connectivity index (χ4v) is 3.48. The van der Waals surface area contributed by atoms with Crippen LogP contribution in [0, 0.1) is 0 Å². The predicted molar refractivity (Wildman–Crippen MR) is 87.7 cm³/mol. The van der Waals surface area contributed by atoms with Crippen LogP contribution in [0.4, 0.5) is 5.69 Å². The van der Waals surface area contributed by atoms with Crippen molar-refractivity contribution < 1.29 is 4.79 Å². The quantitative estimate of drug-likeness (QED) is 0.910. The number of nitrogen functional groups attached to an aromatic ring is 1. The molecule has 1 unspecified atom stereocenters. The first-order valence-corrected chi connectivity index (χ1v) is 7.89. The van der Waals surface area contributed by atoms with E-state index in [9.17, 15) is 4.79 Å². The highest BCUT2D eigenvalue weighted by Crippen LogP contribution is 2.36. The fraction of sp³-hybridized carbons (Fsp3) is 0.400. The highest BCUT2D eigenvalue weighted by Gasteiger charge is 2.22.